The molecule has 0 aromatic rings. The molecule has 0 aromatic carbocycles. The second kappa shape index (κ2) is 4.41. The first-order valence-corrected chi connectivity index (χ1v) is 6.17. The van der Waals surface area contributed by atoms with Crippen LogP contribution < -0.4 is 0 Å². The highest BCUT2D eigenvalue weighted by Gasteiger charge is 2.17. The molecule has 72 valence electrons. The van der Waals surface area contributed by atoms with Crippen molar-refractivity contribution in [2.24, 2.45) is 0 Å². The Balaban J connectivity index is 2.22. The fraction of sp³-hybridized carbons (Fsp3) is 1.00. The van der Waals surface area contributed by atoms with Gasteiger partial charge in [-0.2, -0.15) is 0 Å². The van der Waals surface area contributed by atoms with Crippen LogP contribution in [0.5, 0.6) is 0 Å². The van der Waals surface area contributed by atoms with Gasteiger partial charge in [-0.3, -0.25) is 0 Å². The van der Waals surface area contributed by atoms with Crippen LogP contribution >= 0.6 is 10.7 Å². The van der Waals surface area contributed by atoms with Crippen molar-refractivity contribution in [3.8, 4) is 0 Å². The molecule has 0 aliphatic carbocycles. The zero-order valence-corrected chi connectivity index (χ0v) is 8.10. The van der Waals surface area contributed by atoms with E-state index in [4.69, 9.17) is 20.2 Å². The van der Waals surface area contributed by atoms with Crippen molar-refractivity contribution < 1.29 is 17.9 Å². The van der Waals surface area contributed by atoms with Crippen LogP contribution in [-0.2, 0) is 18.5 Å². The molecule has 0 N–H and O–H groups in total. The Morgan fingerprint density at radius 2 is 2.17 bits per heavy atom. The summed E-state index contributed by atoms with van der Waals surface area (Å²) in [5.74, 6) is -0.0530. The summed E-state index contributed by atoms with van der Waals surface area (Å²) in [6.07, 6.45) is 0.290. The SMILES string of the molecule is O=S(=O)(Cl)CCC1COCCO1. The zero-order valence-electron chi connectivity index (χ0n) is 6.53. The van der Waals surface area contributed by atoms with Crippen LogP contribution in [0.15, 0.2) is 0 Å². The highest BCUT2D eigenvalue weighted by atomic mass is 35.7. The molecule has 1 fully saturated rings. The van der Waals surface area contributed by atoms with Gasteiger partial charge in [-0.05, 0) is 6.42 Å². The van der Waals surface area contributed by atoms with Gasteiger partial charge in [0.15, 0.2) is 0 Å². The fourth-order valence-electron chi connectivity index (χ4n) is 0.975. The fourth-order valence-corrected chi connectivity index (χ4v) is 1.79. The highest BCUT2D eigenvalue weighted by molar-refractivity contribution is 8.13. The third kappa shape index (κ3) is 4.25. The number of hydrogen-bond acceptors (Lipinski definition) is 4. The molecule has 0 bridgehead atoms. The third-order valence-electron chi connectivity index (χ3n) is 1.57. The molecule has 0 spiro atoms. The normalized spacial score (nSPS) is 25.6. The van der Waals surface area contributed by atoms with E-state index >= 15 is 0 Å². The van der Waals surface area contributed by atoms with Crippen LogP contribution in [-0.4, -0.2) is 40.1 Å². The van der Waals surface area contributed by atoms with Gasteiger partial charge in [0.25, 0.3) is 0 Å². The van der Waals surface area contributed by atoms with E-state index in [1.807, 2.05) is 0 Å². The minimum Gasteiger partial charge on any atom is -0.376 e. The van der Waals surface area contributed by atoms with E-state index in [2.05, 4.69) is 0 Å². The Labute approximate surface area is 76.2 Å². The first-order chi connectivity index (χ1) is 5.58. The number of hydrogen-bond donors (Lipinski definition) is 0. The minimum atomic E-state index is -3.39. The molecule has 1 aliphatic rings. The van der Waals surface area contributed by atoms with Gasteiger partial charge >= 0.3 is 0 Å². The Bertz CT molecular complexity index is 220. The standard InChI is InChI=1S/C6H11ClO4S/c7-12(8,9)4-1-6-5-10-2-3-11-6/h6H,1-5H2. The van der Waals surface area contributed by atoms with Gasteiger partial charge < -0.3 is 9.47 Å². The molecule has 12 heavy (non-hydrogen) atoms. The van der Waals surface area contributed by atoms with Crippen molar-refractivity contribution in [2.45, 2.75) is 12.5 Å². The summed E-state index contributed by atoms with van der Waals surface area (Å²) in [5, 5.41) is 0. The van der Waals surface area contributed by atoms with Crippen molar-refractivity contribution >= 4 is 19.7 Å². The van der Waals surface area contributed by atoms with E-state index < -0.39 is 9.05 Å². The topological polar surface area (TPSA) is 52.6 Å². The van der Waals surface area contributed by atoms with Crippen LogP contribution in [0, 0.1) is 0 Å². The Morgan fingerprint density at radius 3 is 2.67 bits per heavy atom. The molecule has 1 rings (SSSR count). The first-order valence-electron chi connectivity index (χ1n) is 3.69. The summed E-state index contributed by atoms with van der Waals surface area (Å²) < 4.78 is 31.4. The molecule has 1 atom stereocenters. The first kappa shape index (κ1) is 10.2. The van der Waals surface area contributed by atoms with Crippen molar-refractivity contribution in [3.63, 3.8) is 0 Å². The van der Waals surface area contributed by atoms with Crippen LogP contribution in [0.1, 0.15) is 6.42 Å². The van der Waals surface area contributed by atoms with Gasteiger partial charge in [-0.25, -0.2) is 8.42 Å². The van der Waals surface area contributed by atoms with E-state index in [-0.39, 0.29) is 11.9 Å². The molecule has 4 nitrogen and oxygen atoms in total. The number of halogens is 1. The maximum Gasteiger partial charge on any atom is 0.232 e. The van der Waals surface area contributed by atoms with Gasteiger partial charge in [-0.15, -0.1) is 0 Å². The molecular weight excluding hydrogens is 204 g/mol. The molecular formula is C6H11ClO4S. The van der Waals surface area contributed by atoms with Gasteiger partial charge in [-0.1, -0.05) is 0 Å². The van der Waals surface area contributed by atoms with Crippen molar-refractivity contribution in [1.82, 2.24) is 0 Å². The smallest absolute Gasteiger partial charge is 0.232 e. The Morgan fingerprint density at radius 1 is 1.42 bits per heavy atom. The van der Waals surface area contributed by atoms with Crippen LogP contribution in [0.2, 0.25) is 0 Å². The van der Waals surface area contributed by atoms with Crippen molar-refractivity contribution in [1.29, 1.82) is 0 Å². The lowest BCUT2D eigenvalue weighted by molar-refractivity contribution is -0.0884. The van der Waals surface area contributed by atoms with Crippen LogP contribution in [0.4, 0.5) is 0 Å². The highest BCUT2D eigenvalue weighted by Crippen LogP contribution is 2.08. The summed E-state index contributed by atoms with van der Waals surface area (Å²) in [6, 6.07) is 0. The molecule has 0 saturated carbocycles. The maximum absolute atomic E-state index is 10.5. The largest absolute Gasteiger partial charge is 0.376 e. The second-order valence-corrected chi connectivity index (χ2v) is 5.50. The van der Waals surface area contributed by atoms with E-state index in [1.165, 1.54) is 0 Å². The zero-order chi connectivity index (χ0) is 9.03. The Kier molecular flexibility index (Phi) is 3.77. The maximum atomic E-state index is 10.5. The van der Waals surface area contributed by atoms with Gasteiger partial charge in [0.1, 0.15) is 0 Å². The Hall–Kier alpha value is 0.160. The lowest BCUT2D eigenvalue weighted by Gasteiger charge is -2.22. The molecule has 6 heteroatoms. The van der Waals surface area contributed by atoms with E-state index in [0.29, 0.717) is 26.2 Å². The van der Waals surface area contributed by atoms with Gasteiger partial charge in [0.05, 0.1) is 31.7 Å². The van der Waals surface area contributed by atoms with Crippen LogP contribution in [0.25, 0.3) is 0 Å². The summed E-state index contributed by atoms with van der Waals surface area (Å²) in [4.78, 5) is 0. The molecule has 0 amide bonds. The summed E-state index contributed by atoms with van der Waals surface area (Å²) in [6.45, 7) is 1.59. The number of rotatable bonds is 3. The third-order valence-corrected chi connectivity index (χ3v) is 2.75. The lowest BCUT2D eigenvalue weighted by Crippen LogP contribution is -2.29. The average Bonchev–Trinajstić information content (AvgIpc) is 2.02. The number of ether oxygens (including phenoxy) is 2. The average molecular weight is 215 g/mol. The molecule has 0 aromatic heterocycles. The quantitative estimate of drug-likeness (QED) is 0.637. The molecule has 1 heterocycles. The van der Waals surface area contributed by atoms with Crippen molar-refractivity contribution in [2.75, 3.05) is 25.6 Å². The summed E-state index contributed by atoms with van der Waals surface area (Å²) >= 11 is 0. The summed E-state index contributed by atoms with van der Waals surface area (Å²) in [5.41, 5.74) is 0. The van der Waals surface area contributed by atoms with Gasteiger partial charge in [0.2, 0.25) is 9.05 Å². The molecule has 1 saturated heterocycles. The molecule has 1 aliphatic heterocycles. The molecule has 1 unspecified atom stereocenters. The summed E-state index contributed by atoms with van der Waals surface area (Å²) in [7, 11) is 1.64. The predicted octanol–water partition coefficient (Wildman–Crippen LogP) is 0.361. The minimum absolute atomic E-state index is 0.0530. The van der Waals surface area contributed by atoms with Crippen molar-refractivity contribution in [3.05, 3.63) is 0 Å². The lowest BCUT2D eigenvalue weighted by atomic mass is 10.3. The monoisotopic (exact) mass is 214 g/mol. The van der Waals surface area contributed by atoms with E-state index in [0.717, 1.165) is 0 Å². The molecule has 0 radical (unpaired) electrons. The second-order valence-electron chi connectivity index (χ2n) is 2.60. The van der Waals surface area contributed by atoms with Crippen LogP contribution in [0.3, 0.4) is 0 Å². The van der Waals surface area contributed by atoms with E-state index in [9.17, 15) is 8.42 Å². The van der Waals surface area contributed by atoms with Gasteiger partial charge in [0, 0.05) is 10.7 Å². The van der Waals surface area contributed by atoms with E-state index in [1.54, 1.807) is 0 Å². The predicted molar refractivity (Wildman–Crippen MR) is 44.8 cm³/mol.